The zero-order chi connectivity index (χ0) is 16.7. The van der Waals surface area contributed by atoms with E-state index in [-0.39, 0.29) is 0 Å². The Hall–Kier alpha value is -1.52. The largest absolute Gasteiger partial charge is 0.490 e. The highest BCUT2D eigenvalue weighted by molar-refractivity contribution is 9.10. The van der Waals surface area contributed by atoms with Gasteiger partial charge in [-0.15, -0.1) is 0 Å². The van der Waals surface area contributed by atoms with Crippen molar-refractivity contribution in [1.82, 2.24) is 5.32 Å². The number of rotatable bonds is 8. The molecule has 4 heteroatoms. The summed E-state index contributed by atoms with van der Waals surface area (Å²) in [6.07, 6.45) is 0. The predicted octanol–water partition coefficient (Wildman–Crippen LogP) is 4.92. The SMILES string of the molecule is CCOc1cc(CNC(C)C)cc(Br)c1OCc1ccccc1. The monoisotopic (exact) mass is 377 g/mol. The highest BCUT2D eigenvalue weighted by Crippen LogP contribution is 2.37. The molecule has 0 unspecified atom stereocenters. The molecule has 124 valence electrons. The molecule has 0 fully saturated rings. The van der Waals surface area contributed by atoms with Crippen LogP contribution < -0.4 is 14.8 Å². The lowest BCUT2D eigenvalue weighted by Gasteiger charge is -2.16. The van der Waals surface area contributed by atoms with E-state index in [9.17, 15) is 0 Å². The van der Waals surface area contributed by atoms with Crippen LogP contribution in [0.5, 0.6) is 11.5 Å². The van der Waals surface area contributed by atoms with Gasteiger partial charge in [0.1, 0.15) is 6.61 Å². The summed E-state index contributed by atoms with van der Waals surface area (Å²) in [5.74, 6) is 1.53. The Morgan fingerprint density at radius 2 is 1.78 bits per heavy atom. The minimum Gasteiger partial charge on any atom is -0.490 e. The van der Waals surface area contributed by atoms with Crippen LogP contribution >= 0.6 is 15.9 Å². The first-order valence-electron chi connectivity index (χ1n) is 7.95. The fourth-order valence-electron chi connectivity index (χ4n) is 2.18. The highest BCUT2D eigenvalue weighted by atomic mass is 79.9. The molecule has 0 radical (unpaired) electrons. The molecule has 0 atom stereocenters. The van der Waals surface area contributed by atoms with Gasteiger partial charge in [-0.05, 0) is 46.1 Å². The topological polar surface area (TPSA) is 30.5 Å². The fourth-order valence-corrected chi connectivity index (χ4v) is 2.78. The molecule has 0 bridgehead atoms. The second kappa shape index (κ2) is 8.94. The van der Waals surface area contributed by atoms with Gasteiger partial charge in [-0.3, -0.25) is 0 Å². The van der Waals surface area contributed by atoms with E-state index in [0.29, 0.717) is 19.3 Å². The number of ether oxygens (including phenoxy) is 2. The average Bonchev–Trinajstić information content (AvgIpc) is 2.53. The molecule has 2 rings (SSSR count). The lowest BCUT2D eigenvalue weighted by Crippen LogP contribution is -2.21. The molecule has 0 aliphatic rings. The number of hydrogen-bond acceptors (Lipinski definition) is 3. The number of halogens is 1. The van der Waals surface area contributed by atoms with Crippen molar-refractivity contribution < 1.29 is 9.47 Å². The quantitative estimate of drug-likeness (QED) is 0.707. The van der Waals surface area contributed by atoms with E-state index in [4.69, 9.17) is 9.47 Å². The molecule has 0 heterocycles. The summed E-state index contributed by atoms with van der Waals surface area (Å²) in [5, 5.41) is 3.42. The zero-order valence-electron chi connectivity index (χ0n) is 13.9. The van der Waals surface area contributed by atoms with Crippen LogP contribution in [0.25, 0.3) is 0 Å². The lowest BCUT2D eigenvalue weighted by molar-refractivity contribution is 0.267. The number of nitrogens with one attached hydrogen (secondary N) is 1. The van der Waals surface area contributed by atoms with Crippen LogP contribution in [0.4, 0.5) is 0 Å². The second-order valence-corrected chi connectivity index (χ2v) is 6.50. The predicted molar refractivity (Wildman–Crippen MR) is 98.1 cm³/mol. The standard InChI is InChI=1S/C19H24BrNO2/c1-4-22-18-11-16(12-21-14(2)3)10-17(20)19(18)23-13-15-8-6-5-7-9-15/h5-11,14,21H,4,12-13H2,1-3H3. The average molecular weight is 378 g/mol. The van der Waals surface area contributed by atoms with Crippen LogP contribution in [0.2, 0.25) is 0 Å². The van der Waals surface area contributed by atoms with Crippen LogP contribution in [-0.4, -0.2) is 12.6 Å². The molecule has 0 saturated carbocycles. The summed E-state index contributed by atoms with van der Waals surface area (Å²) >= 11 is 3.62. The van der Waals surface area contributed by atoms with Gasteiger partial charge in [0, 0.05) is 12.6 Å². The van der Waals surface area contributed by atoms with Crippen molar-refractivity contribution in [3.05, 3.63) is 58.1 Å². The molecule has 0 spiro atoms. The maximum absolute atomic E-state index is 5.99. The van der Waals surface area contributed by atoms with E-state index in [1.54, 1.807) is 0 Å². The first-order valence-corrected chi connectivity index (χ1v) is 8.74. The normalized spacial score (nSPS) is 10.8. The summed E-state index contributed by atoms with van der Waals surface area (Å²) in [4.78, 5) is 0. The third kappa shape index (κ3) is 5.56. The van der Waals surface area contributed by atoms with E-state index in [1.807, 2.05) is 31.2 Å². The van der Waals surface area contributed by atoms with Crippen molar-refractivity contribution in [2.45, 2.75) is 40.0 Å². The Morgan fingerprint density at radius 3 is 2.43 bits per heavy atom. The Kier molecular flexibility index (Phi) is 6.93. The smallest absolute Gasteiger partial charge is 0.175 e. The zero-order valence-corrected chi connectivity index (χ0v) is 15.5. The van der Waals surface area contributed by atoms with Crippen LogP contribution in [0.1, 0.15) is 31.9 Å². The molecule has 23 heavy (non-hydrogen) atoms. The van der Waals surface area contributed by atoms with E-state index < -0.39 is 0 Å². The summed E-state index contributed by atoms with van der Waals surface area (Å²) in [6, 6.07) is 14.7. The van der Waals surface area contributed by atoms with Gasteiger partial charge < -0.3 is 14.8 Å². The van der Waals surface area contributed by atoms with Crippen molar-refractivity contribution >= 4 is 15.9 Å². The van der Waals surface area contributed by atoms with Gasteiger partial charge in [0.05, 0.1) is 11.1 Å². The van der Waals surface area contributed by atoms with Crippen molar-refractivity contribution in [3.63, 3.8) is 0 Å². The Balaban J connectivity index is 2.16. The maximum Gasteiger partial charge on any atom is 0.175 e. The summed E-state index contributed by atoms with van der Waals surface area (Å²) in [6.45, 7) is 8.17. The Labute approximate surface area is 147 Å². The molecule has 0 aromatic heterocycles. The van der Waals surface area contributed by atoms with E-state index in [2.05, 4.69) is 53.3 Å². The molecule has 2 aromatic rings. The molecule has 2 aromatic carbocycles. The molecule has 0 amide bonds. The molecular weight excluding hydrogens is 354 g/mol. The Bertz CT molecular complexity index is 614. The number of hydrogen-bond donors (Lipinski definition) is 1. The second-order valence-electron chi connectivity index (χ2n) is 5.65. The molecule has 0 aliphatic carbocycles. The minimum absolute atomic E-state index is 0.443. The van der Waals surface area contributed by atoms with E-state index >= 15 is 0 Å². The van der Waals surface area contributed by atoms with Crippen LogP contribution in [-0.2, 0) is 13.2 Å². The lowest BCUT2D eigenvalue weighted by atomic mass is 10.2. The fraction of sp³-hybridized carbons (Fsp3) is 0.368. The van der Waals surface area contributed by atoms with Crippen LogP contribution in [0.3, 0.4) is 0 Å². The van der Waals surface area contributed by atoms with Crippen molar-refractivity contribution in [1.29, 1.82) is 0 Å². The molecular formula is C19H24BrNO2. The minimum atomic E-state index is 0.443. The van der Waals surface area contributed by atoms with E-state index in [1.165, 1.54) is 5.56 Å². The number of benzene rings is 2. The summed E-state index contributed by atoms with van der Waals surface area (Å²) in [7, 11) is 0. The summed E-state index contributed by atoms with van der Waals surface area (Å²) < 4.78 is 12.7. The van der Waals surface area contributed by atoms with E-state index in [0.717, 1.165) is 28.1 Å². The van der Waals surface area contributed by atoms with Crippen LogP contribution in [0.15, 0.2) is 46.9 Å². The van der Waals surface area contributed by atoms with Crippen molar-refractivity contribution in [2.75, 3.05) is 6.61 Å². The van der Waals surface area contributed by atoms with Gasteiger partial charge >= 0.3 is 0 Å². The highest BCUT2D eigenvalue weighted by Gasteiger charge is 2.13. The van der Waals surface area contributed by atoms with Gasteiger partial charge in [-0.2, -0.15) is 0 Å². The molecule has 0 aliphatic heterocycles. The van der Waals surface area contributed by atoms with Crippen molar-refractivity contribution in [3.8, 4) is 11.5 Å². The van der Waals surface area contributed by atoms with Crippen molar-refractivity contribution in [2.24, 2.45) is 0 Å². The third-order valence-corrected chi connectivity index (χ3v) is 3.90. The van der Waals surface area contributed by atoms with Gasteiger partial charge in [0.2, 0.25) is 0 Å². The van der Waals surface area contributed by atoms with Crippen LogP contribution in [0, 0.1) is 0 Å². The molecule has 1 N–H and O–H groups in total. The third-order valence-electron chi connectivity index (χ3n) is 3.31. The van der Waals surface area contributed by atoms with Gasteiger partial charge in [0.25, 0.3) is 0 Å². The van der Waals surface area contributed by atoms with Gasteiger partial charge in [-0.1, -0.05) is 44.2 Å². The van der Waals surface area contributed by atoms with Gasteiger partial charge in [-0.25, -0.2) is 0 Å². The molecule has 3 nitrogen and oxygen atoms in total. The Morgan fingerprint density at radius 1 is 1.04 bits per heavy atom. The first kappa shape index (κ1) is 17.8. The first-order chi connectivity index (χ1) is 11.1. The molecule has 0 saturated heterocycles. The summed E-state index contributed by atoms with van der Waals surface area (Å²) in [5.41, 5.74) is 2.30. The maximum atomic E-state index is 5.99. The van der Waals surface area contributed by atoms with Gasteiger partial charge in [0.15, 0.2) is 11.5 Å².